The molecular weight excluding hydrogens is 416 g/mol. The van der Waals surface area contributed by atoms with E-state index in [0.717, 1.165) is 0 Å². The first-order valence-electron chi connectivity index (χ1n) is 10.9. The van der Waals surface area contributed by atoms with E-state index in [-0.39, 0.29) is 11.6 Å². The third-order valence-electron chi connectivity index (χ3n) is 5.61. The number of nitrogens with one attached hydrogen (secondary N) is 1. The van der Waals surface area contributed by atoms with Crippen molar-refractivity contribution in [3.63, 3.8) is 0 Å². The van der Waals surface area contributed by atoms with Gasteiger partial charge in [-0.3, -0.25) is 9.59 Å². The van der Waals surface area contributed by atoms with E-state index in [1.807, 2.05) is 57.2 Å². The van der Waals surface area contributed by atoms with Crippen LogP contribution in [-0.4, -0.2) is 29.8 Å². The second-order valence-electron chi connectivity index (χ2n) is 7.60. The van der Waals surface area contributed by atoms with Gasteiger partial charge in [0.25, 0.3) is 5.91 Å². The zero-order valence-electron chi connectivity index (χ0n) is 19.3. The molecule has 1 N–H and O–H groups in total. The average Bonchev–Trinajstić information content (AvgIpc) is 2.85. The molecule has 0 aliphatic heterocycles. The van der Waals surface area contributed by atoms with E-state index in [1.165, 1.54) is 0 Å². The number of carbonyl (C=O) groups is 2. The van der Waals surface area contributed by atoms with Crippen molar-refractivity contribution in [1.82, 2.24) is 4.90 Å². The molecule has 0 aliphatic rings. The zero-order valence-corrected chi connectivity index (χ0v) is 19.3. The smallest absolute Gasteiger partial charge is 0.360 e. The third kappa shape index (κ3) is 5.29. The lowest BCUT2D eigenvalue weighted by molar-refractivity contribution is -0.126. The van der Waals surface area contributed by atoms with Crippen molar-refractivity contribution in [2.24, 2.45) is 0 Å². The van der Waals surface area contributed by atoms with Crippen molar-refractivity contribution in [3.05, 3.63) is 93.9 Å². The quantitative estimate of drug-likeness (QED) is 0.507. The number of allylic oxidation sites excluding steroid dienone is 1. The number of likely N-dealkylation sites (N-methyl/N-ethyl adjacent to an activating group) is 1. The van der Waals surface area contributed by atoms with E-state index in [4.69, 9.17) is 4.42 Å². The van der Waals surface area contributed by atoms with Crippen LogP contribution >= 0.6 is 0 Å². The number of benzene rings is 2. The van der Waals surface area contributed by atoms with Gasteiger partial charge >= 0.3 is 5.63 Å². The van der Waals surface area contributed by atoms with Gasteiger partial charge in [-0.15, -0.1) is 0 Å². The number of amides is 2. The Balaban J connectivity index is 2.14. The van der Waals surface area contributed by atoms with Gasteiger partial charge in [-0.2, -0.15) is 0 Å². The van der Waals surface area contributed by atoms with Crippen molar-refractivity contribution in [2.45, 2.75) is 27.7 Å². The van der Waals surface area contributed by atoms with Crippen LogP contribution in [0.3, 0.4) is 0 Å². The first-order valence-corrected chi connectivity index (χ1v) is 10.9. The highest BCUT2D eigenvalue weighted by Gasteiger charge is 2.21. The Labute approximate surface area is 193 Å². The maximum absolute atomic E-state index is 13.0. The van der Waals surface area contributed by atoms with Gasteiger partial charge in [0.05, 0.1) is 0 Å². The summed E-state index contributed by atoms with van der Waals surface area (Å²) in [6.45, 7) is 8.62. The van der Waals surface area contributed by atoms with Gasteiger partial charge in [-0.1, -0.05) is 48.5 Å². The van der Waals surface area contributed by atoms with Crippen molar-refractivity contribution >= 4 is 23.1 Å². The summed E-state index contributed by atoms with van der Waals surface area (Å²) in [7, 11) is 0. The van der Waals surface area contributed by atoms with Crippen molar-refractivity contribution in [3.8, 4) is 11.3 Å². The molecule has 0 spiro atoms. The minimum absolute atomic E-state index is 0.0148. The molecule has 3 aromatic rings. The molecule has 0 saturated heterocycles. The standard InChI is InChI=1S/C27H28N2O4/c1-5-29(6-2)26(31)19(4)18(3)22-17-23(28-25(30)21-15-11-8-12-16-21)27(32)33-24(22)20-13-9-7-10-14-20/h7-17H,5-6H2,1-4H3,(H,28,30)/b19-18-. The minimum atomic E-state index is -0.664. The van der Waals surface area contributed by atoms with Crippen molar-refractivity contribution in [1.29, 1.82) is 0 Å². The van der Waals surface area contributed by atoms with Crippen LogP contribution in [0, 0.1) is 0 Å². The molecule has 1 heterocycles. The van der Waals surface area contributed by atoms with Crippen LogP contribution in [0.25, 0.3) is 16.9 Å². The van der Waals surface area contributed by atoms with Crippen LogP contribution in [0.2, 0.25) is 0 Å². The third-order valence-corrected chi connectivity index (χ3v) is 5.61. The summed E-state index contributed by atoms with van der Waals surface area (Å²) in [5.41, 5.74) is 2.26. The summed E-state index contributed by atoms with van der Waals surface area (Å²) in [5, 5.41) is 2.65. The first kappa shape index (κ1) is 23.7. The van der Waals surface area contributed by atoms with Gasteiger partial charge in [0.15, 0.2) is 0 Å². The molecule has 0 radical (unpaired) electrons. The van der Waals surface area contributed by atoms with Gasteiger partial charge in [0.2, 0.25) is 5.91 Å². The molecule has 6 nitrogen and oxygen atoms in total. The topological polar surface area (TPSA) is 79.6 Å². The van der Waals surface area contributed by atoms with Crippen molar-refractivity contribution < 1.29 is 14.0 Å². The fraction of sp³-hybridized carbons (Fsp3) is 0.222. The van der Waals surface area contributed by atoms with Gasteiger partial charge in [-0.25, -0.2) is 4.79 Å². The van der Waals surface area contributed by atoms with Crippen LogP contribution in [0.4, 0.5) is 5.69 Å². The molecular formula is C27H28N2O4. The van der Waals surface area contributed by atoms with E-state index in [0.29, 0.717) is 46.7 Å². The minimum Gasteiger partial charge on any atom is -0.421 e. The summed E-state index contributed by atoms with van der Waals surface area (Å²) in [6.07, 6.45) is 0. The number of carbonyl (C=O) groups excluding carboxylic acids is 2. The number of hydrogen-bond acceptors (Lipinski definition) is 4. The highest BCUT2D eigenvalue weighted by Crippen LogP contribution is 2.31. The molecule has 0 aliphatic carbocycles. The Morgan fingerprint density at radius 1 is 0.909 bits per heavy atom. The number of hydrogen-bond donors (Lipinski definition) is 1. The molecule has 0 saturated carbocycles. The maximum atomic E-state index is 13.0. The SMILES string of the molecule is CCN(CC)C(=O)/C(C)=C(/C)c1cc(NC(=O)c2ccccc2)c(=O)oc1-c1ccccc1. The maximum Gasteiger partial charge on any atom is 0.360 e. The predicted molar refractivity (Wildman–Crippen MR) is 131 cm³/mol. The molecule has 0 atom stereocenters. The second kappa shape index (κ2) is 10.6. The van der Waals surface area contributed by atoms with Gasteiger partial charge < -0.3 is 14.6 Å². The van der Waals surface area contributed by atoms with E-state index >= 15 is 0 Å². The Hall–Kier alpha value is -3.93. The van der Waals surface area contributed by atoms with Crippen LogP contribution in [-0.2, 0) is 4.79 Å². The molecule has 2 aromatic carbocycles. The molecule has 0 unspecified atom stereocenters. The Kier molecular flexibility index (Phi) is 7.61. The average molecular weight is 445 g/mol. The van der Waals surface area contributed by atoms with Crippen molar-refractivity contribution in [2.75, 3.05) is 18.4 Å². The predicted octanol–water partition coefficient (Wildman–Crippen LogP) is 5.22. The van der Waals surface area contributed by atoms with Crippen LogP contribution < -0.4 is 10.9 Å². The molecule has 0 fully saturated rings. The number of rotatable bonds is 7. The zero-order chi connectivity index (χ0) is 24.0. The largest absolute Gasteiger partial charge is 0.421 e. The molecule has 3 rings (SSSR count). The highest BCUT2D eigenvalue weighted by atomic mass is 16.4. The van der Waals surface area contributed by atoms with Gasteiger partial charge in [0, 0.05) is 35.4 Å². The Morgan fingerprint density at radius 3 is 2.06 bits per heavy atom. The highest BCUT2D eigenvalue weighted by molar-refractivity contribution is 6.05. The normalized spacial score (nSPS) is 11.5. The summed E-state index contributed by atoms with van der Waals surface area (Å²) in [5.74, 6) is -0.154. The molecule has 2 amide bonds. The Morgan fingerprint density at radius 2 is 1.48 bits per heavy atom. The van der Waals surface area contributed by atoms with Gasteiger partial charge in [0.1, 0.15) is 11.4 Å². The van der Waals surface area contributed by atoms with Crippen LogP contribution in [0.5, 0.6) is 0 Å². The Bertz CT molecular complexity index is 1220. The lowest BCUT2D eigenvalue weighted by Crippen LogP contribution is -2.31. The fourth-order valence-corrected chi connectivity index (χ4v) is 3.54. The lowest BCUT2D eigenvalue weighted by Gasteiger charge is -2.21. The number of anilines is 1. The summed E-state index contributed by atoms with van der Waals surface area (Å²) in [4.78, 5) is 40.2. The number of nitrogens with zero attached hydrogens (tertiary/aromatic N) is 1. The van der Waals surface area contributed by atoms with E-state index < -0.39 is 11.5 Å². The van der Waals surface area contributed by atoms with E-state index in [2.05, 4.69) is 5.32 Å². The molecule has 0 bridgehead atoms. The summed E-state index contributed by atoms with van der Waals surface area (Å²) < 4.78 is 5.70. The fourth-order valence-electron chi connectivity index (χ4n) is 3.54. The monoisotopic (exact) mass is 444 g/mol. The lowest BCUT2D eigenvalue weighted by atomic mass is 9.97. The molecule has 1 aromatic heterocycles. The molecule has 6 heteroatoms. The van der Waals surface area contributed by atoms with Gasteiger partial charge in [-0.05, 0) is 51.5 Å². The van der Waals surface area contributed by atoms with Crippen LogP contribution in [0.1, 0.15) is 43.6 Å². The molecule has 33 heavy (non-hydrogen) atoms. The van der Waals surface area contributed by atoms with E-state index in [9.17, 15) is 14.4 Å². The molecule has 170 valence electrons. The first-order chi connectivity index (χ1) is 15.9. The van der Waals surface area contributed by atoms with Crippen LogP contribution in [0.15, 0.2) is 81.5 Å². The summed E-state index contributed by atoms with van der Waals surface area (Å²) in [6, 6.07) is 19.4. The summed E-state index contributed by atoms with van der Waals surface area (Å²) >= 11 is 0. The second-order valence-corrected chi connectivity index (χ2v) is 7.60. The van der Waals surface area contributed by atoms with E-state index in [1.54, 1.807) is 42.2 Å².